The molecule has 0 radical (unpaired) electrons. The van der Waals surface area contributed by atoms with Crippen molar-refractivity contribution in [2.45, 2.75) is 6.54 Å². The summed E-state index contributed by atoms with van der Waals surface area (Å²) in [5.74, 6) is 3.60. The third-order valence-corrected chi connectivity index (χ3v) is 5.31. The monoisotopic (exact) mass is 551 g/mol. The van der Waals surface area contributed by atoms with E-state index in [4.69, 9.17) is 25.2 Å². The zero-order valence-corrected chi connectivity index (χ0v) is 21.7. The smallest absolute Gasteiger partial charge is 0.250 e. The fraction of sp³-hybridized carbons (Fsp3) is 0.0769. The van der Waals surface area contributed by atoms with Crippen molar-refractivity contribution in [3.63, 3.8) is 0 Å². The van der Waals surface area contributed by atoms with Crippen LogP contribution in [0.3, 0.4) is 0 Å². The Hall–Kier alpha value is -4.54. The van der Waals surface area contributed by atoms with Gasteiger partial charge in [0.15, 0.2) is 0 Å². The van der Waals surface area contributed by atoms with Gasteiger partial charge in [0, 0.05) is 16.3 Å². The Labute approximate surface area is 229 Å². The maximum absolute atomic E-state index is 6.08. The molecule has 194 valence electrons. The van der Waals surface area contributed by atoms with Crippen LogP contribution >= 0.6 is 24.0 Å². The number of ether oxygens (including phenoxy) is 1. The number of furan rings is 2. The Kier molecular flexibility index (Phi) is 8.81. The minimum absolute atomic E-state index is 0. The predicted octanol–water partition coefficient (Wildman–Crippen LogP) is 6.61. The van der Waals surface area contributed by atoms with Crippen molar-refractivity contribution in [1.29, 1.82) is 0 Å². The van der Waals surface area contributed by atoms with Gasteiger partial charge in [-0.1, -0.05) is 23.7 Å². The van der Waals surface area contributed by atoms with Crippen LogP contribution in [-0.2, 0) is 6.54 Å². The van der Waals surface area contributed by atoms with E-state index in [-0.39, 0.29) is 18.4 Å². The second kappa shape index (κ2) is 12.6. The third kappa shape index (κ3) is 7.02. The number of anilines is 4. The quantitative estimate of drug-likeness (QED) is 0.130. The molecule has 0 saturated heterocycles. The van der Waals surface area contributed by atoms with E-state index in [1.807, 2.05) is 72.8 Å². The Morgan fingerprint density at radius 1 is 0.947 bits per heavy atom. The number of hydrazone groups is 1. The van der Waals surface area contributed by atoms with Crippen LogP contribution in [0.25, 0.3) is 11.3 Å². The zero-order chi connectivity index (χ0) is 25.5. The Balaban J connectivity index is 0.00000336. The van der Waals surface area contributed by atoms with Crippen molar-refractivity contribution in [3.05, 3.63) is 95.6 Å². The molecule has 0 saturated carbocycles. The van der Waals surface area contributed by atoms with Gasteiger partial charge in [0.2, 0.25) is 17.8 Å². The number of nitrogens with one attached hydrogen (secondary N) is 3. The molecule has 12 heteroatoms. The number of nitrogens with zero attached hydrogens (tertiary/aromatic N) is 4. The number of rotatable bonds is 10. The lowest BCUT2D eigenvalue weighted by molar-refractivity contribution is 0.415. The van der Waals surface area contributed by atoms with Crippen LogP contribution in [0.4, 0.5) is 23.5 Å². The third-order valence-electron chi connectivity index (χ3n) is 5.07. The second-order valence-corrected chi connectivity index (χ2v) is 8.11. The van der Waals surface area contributed by atoms with Crippen LogP contribution in [-0.4, -0.2) is 28.3 Å². The minimum atomic E-state index is 0. The van der Waals surface area contributed by atoms with E-state index < -0.39 is 0 Å². The molecule has 5 aromatic rings. The molecular formula is C26H23Cl2N7O3. The van der Waals surface area contributed by atoms with Crippen molar-refractivity contribution < 1.29 is 13.6 Å². The molecule has 5 rings (SSSR count). The molecule has 3 aromatic heterocycles. The van der Waals surface area contributed by atoms with Crippen molar-refractivity contribution in [3.8, 4) is 17.1 Å². The number of hydrogen-bond acceptors (Lipinski definition) is 10. The zero-order valence-electron chi connectivity index (χ0n) is 20.1. The molecule has 0 aliphatic rings. The molecule has 3 heterocycles. The predicted molar refractivity (Wildman–Crippen MR) is 150 cm³/mol. The number of halogens is 2. The van der Waals surface area contributed by atoms with Crippen LogP contribution in [0.1, 0.15) is 11.5 Å². The average molecular weight is 552 g/mol. The summed E-state index contributed by atoms with van der Waals surface area (Å²) in [7, 11) is 1.62. The molecule has 2 aromatic carbocycles. The van der Waals surface area contributed by atoms with E-state index in [0.717, 1.165) is 22.8 Å². The molecule has 3 N–H and O–H groups in total. The molecule has 0 spiro atoms. The highest BCUT2D eigenvalue weighted by molar-refractivity contribution is 6.30. The lowest BCUT2D eigenvalue weighted by Gasteiger charge is -2.10. The van der Waals surface area contributed by atoms with Crippen molar-refractivity contribution in [2.75, 3.05) is 23.2 Å². The second-order valence-electron chi connectivity index (χ2n) is 7.68. The highest BCUT2D eigenvalue weighted by atomic mass is 35.5. The number of methoxy groups -OCH3 is 1. The molecular weight excluding hydrogens is 529 g/mol. The summed E-state index contributed by atoms with van der Waals surface area (Å²) in [6, 6.07) is 22.2. The maximum Gasteiger partial charge on any atom is 0.250 e. The summed E-state index contributed by atoms with van der Waals surface area (Å²) in [4.78, 5) is 13.2. The SMILES string of the molecule is COc1ccc(Nc2nc(NCc3ccco3)nc(N/N=C/c3ccc(-c4cccc(Cl)c4)o3)n2)cc1.Cl. The summed E-state index contributed by atoms with van der Waals surface area (Å²) in [5.41, 5.74) is 4.49. The largest absolute Gasteiger partial charge is 0.497 e. The number of hydrogen-bond donors (Lipinski definition) is 3. The van der Waals surface area contributed by atoms with Crippen molar-refractivity contribution >= 4 is 53.8 Å². The summed E-state index contributed by atoms with van der Waals surface area (Å²) in [5, 5.41) is 11.1. The molecule has 38 heavy (non-hydrogen) atoms. The Morgan fingerprint density at radius 2 is 1.76 bits per heavy atom. The van der Waals surface area contributed by atoms with Gasteiger partial charge < -0.3 is 24.2 Å². The van der Waals surface area contributed by atoms with Gasteiger partial charge in [-0.25, -0.2) is 5.43 Å². The van der Waals surface area contributed by atoms with Gasteiger partial charge in [-0.2, -0.15) is 20.1 Å². The first-order valence-electron chi connectivity index (χ1n) is 11.2. The first-order chi connectivity index (χ1) is 18.1. The first kappa shape index (κ1) is 26.5. The fourth-order valence-electron chi connectivity index (χ4n) is 3.32. The molecule has 0 aliphatic carbocycles. The highest BCUT2D eigenvalue weighted by Crippen LogP contribution is 2.24. The topological polar surface area (TPSA) is 123 Å². The van der Waals surface area contributed by atoms with E-state index in [2.05, 4.69) is 36.1 Å². The lowest BCUT2D eigenvalue weighted by Crippen LogP contribution is -2.09. The molecule has 0 amide bonds. The normalized spacial score (nSPS) is 10.7. The van der Waals surface area contributed by atoms with Gasteiger partial charge in [0.25, 0.3) is 0 Å². The maximum atomic E-state index is 6.08. The minimum Gasteiger partial charge on any atom is -0.497 e. The Bertz CT molecular complexity index is 1490. The molecule has 0 unspecified atom stereocenters. The van der Waals surface area contributed by atoms with Crippen LogP contribution in [0.5, 0.6) is 5.75 Å². The lowest BCUT2D eigenvalue weighted by atomic mass is 10.2. The van der Waals surface area contributed by atoms with E-state index in [9.17, 15) is 0 Å². The number of aromatic nitrogens is 3. The molecule has 0 atom stereocenters. The van der Waals surface area contributed by atoms with Crippen molar-refractivity contribution in [1.82, 2.24) is 15.0 Å². The van der Waals surface area contributed by atoms with Crippen LogP contribution in [0.15, 0.2) is 93.0 Å². The van der Waals surface area contributed by atoms with E-state index in [0.29, 0.717) is 35.0 Å². The van der Waals surface area contributed by atoms with Gasteiger partial charge >= 0.3 is 0 Å². The highest BCUT2D eigenvalue weighted by Gasteiger charge is 2.09. The van der Waals surface area contributed by atoms with Crippen molar-refractivity contribution in [2.24, 2.45) is 5.10 Å². The van der Waals surface area contributed by atoms with Gasteiger partial charge in [-0.05, 0) is 60.7 Å². The fourth-order valence-corrected chi connectivity index (χ4v) is 3.51. The Morgan fingerprint density at radius 3 is 2.53 bits per heavy atom. The summed E-state index contributed by atoms with van der Waals surface area (Å²) >= 11 is 6.08. The summed E-state index contributed by atoms with van der Waals surface area (Å²) < 4.78 is 16.4. The van der Waals surface area contributed by atoms with Crippen LogP contribution < -0.4 is 20.8 Å². The molecule has 0 aliphatic heterocycles. The van der Waals surface area contributed by atoms with Gasteiger partial charge in [-0.3, -0.25) is 0 Å². The molecule has 0 fully saturated rings. The summed E-state index contributed by atoms with van der Waals surface area (Å²) in [6.45, 7) is 0.403. The van der Waals surface area contributed by atoms with E-state index in [1.165, 1.54) is 6.21 Å². The summed E-state index contributed by atoms with van der Waals surface area (Å²) in [6.07, 6.45) is 3.14. The van der Waals surface area contributed by atoms with Gasteiger partial charge in [-0.15, -0.1) is 12.4 Å². The number of benzene rings is 2. The van der Waals surface area contributed by atoms with Gasteiger partial charge in [0.1, 0.15) is 23.0 Å². The van der Waals surface area contributed by atoms with E-state index in [1.54, 1.807) is 13.4 Å². The standard InChI is InChI=1S/C26H22ClN7O3.ClH/c1-35-20-9-7-19(8-10-20)30-25-31-24(28-15-21-6-3-13-36-21)32-26(33-25)34-29-16-22-11-12-23(37-22)17-4-2-5-18(27)14-17;/h2-14,16H,15H2,1H3,(H3,28,30,31,32,33,34);1H/b29-16+;. The van der Waals surface area contributed by atoms with Crippen LogP contribution in [0, 0.1) is 0 Å². The van der Waals surface area contributed by atoms with Crippen LogP contribution in [0.2, 0.25) is 5.02 Å². The average Bonchev–Trinajstić information content (AvgIpc) is 3.61. The van der Waals surface area contributed by atoms with E-state index >= 15 is 0 Å². The van der Waals surface area contributed by atoms with Gasteiger partial charge in [0.05, 0.1) is 26.1 Å². The first-order valence-corrected chi connectivity index (χ1v) is 11.6. The molecule has 10 nitrogen and oxygen atoms in total. The molecule has 0 bridgehead atoms.